The van der Waals surface area contributed by atoms with Gasteiger partial charge in [-0.25, -0.2) is 0 Å². The molecule has 4 aromatic heterocycles. The van der Waals surface area contributed by atoms with Gasteiger partial charge in [0.05, 0.1) is 34.2 Å². The Morgan fingerprint density at radius 2 is 0.992 bits per heavy atom. The van der Waals surface area contributed by atoms with Crippen LogP contribution in [0.2, 0.25) is 0 Å². The largest absolute Gasteiger partial charge is 0.508 e. The number of nitrogens with zero attached hydrogens (tertiary/aromatic N) is 8. The first-order valence-electron chi connectivity index (χ1n) is 42.2. The van der Waals surface area contributed by atoms with E-state index in [2.05, 4.69) is 87.3 Å². The number of aromatic hydroxyl groups is 2. The second kappa shape index (κ2) is 38.6. The van der Waals surface area contributed by atoms with Crippen molar-refractivity contribution in [1.29, 1.82) is 0 Å². The summed E-state index contributed by atoms with van der Waals surface area (Å²) in [6, 6.07) is 60.1. The molecule has 0 saturated carbocycles. The Morgan fingerprint density at radius 1 is 0.536 bits per heavy atom. The molecule has 17 rings (SSSR count). The molecule has 27 heteroatoms. The maximum Gasteiger partial charge on any atom is 0.306 e. The number of piperidine rings is 1. The number of aromatic nitrogens is 2. The number of carbonyl (C=O) groups is 6. The predicted molar refractivity (Wildman–Crippen MR) is 479 cm³/mol. The minimum atomic E-state index is -0.960. The van der Waals surface area contributed by atoms with Crippen LogP contribution in [0.5, 0.6) is 57.5 Å². The number of benzene rings is 8. The van der Waals surface area contributed by atoms with Crippen molar-refractivity contribution in [1.82, 2.24) is 44.7 Å². The number of esters is 1. The van der Waals surface area contributed by atoms with E-state index >= 15 is 0 Å². The number of pyridine rings is 2. The number of nitrogens with one attached hydrogen (secondary N) is 1. The molecule has 0 radical (unpaired) electrons. The molecule has 8 aromatic carbocycles. The highest BCUT2D eigenvalue weighted by atomic mass is 32.1. The number of thiophene rings is 2. The van der Waals surface area contributed by atoms with Crippen LogP contribution in [0.3, 0.4) is 0 Å². The van der Waals surface area contributed by atoms with Crippen LogP contribution in [-0.4, -0.2) is 181 Å². The summed E-state index contributed by atoms with van der Waals surface area (Å²) in [5, 5.41) is 24.5. The Hall–Kier alpha value is -12.8. The molecule has 5 aliphatic heterocycles. The summed E-state index contributed by atoms with van der Waals surface area (Å²) >= 11 is 3.21. The molecule has 125 heavy (non-hydrogen) atoms. The average Bonchev–Trinajstić information content (AvgIpc) is 1.63. The number of ether oxygens (including phenoxy) is 7. The zero-order chi connectivity index (χ0) is 86.8. The molecule has 12 aromatic rings. The minimum Gasteiger partial charge on any atom is -0.508 e. The highest BCUT2D eigenvalue weighted by molar-refractivity contribution is 7.23. The number of imide groups is 1. The van der Waals surface area contributed by atoms with Crippen LogP contribution < -0.4 is 39.5 Å². The molecule has 3 fully saturated rings. The molecular formula is C98H100N10O15S2. The smallest absolute Gasteiger partial charge is 0.306 e. The molecule has 25 nitrogen and oxygen atoms in total. The van der Waals surface area contributed by atoms with Gasteiger partial charge in [0.15, 0.2) is 11.5 Å². The molecule has 2 atom stereocenters. The fourth-order valence-electron chi connectivity index (χ4n) is 16.0. The second-order valence-electron chi connectivity index (χ2n) is 33.0. The Balaban J connectivity index is 0.000000185. The summed E-state index contributed by atoms with van der Waals surface area (Å²) in [4.78, 5) is 99.5. The van der Waals surface area contributed by atoms with Gasteiger partial charge in [-0.1, -0.05) is 83.9 Å². The van der Waals surface area contributed by atoms with Gasteiger partial charge in [0.25, 0.3) is 11.8 Å². The first-order valence-corrected chi connectivity index (χ1v) is 43.8. The quantitative estimate of drug-likeness (QED) is 0.0240. The second-order valence-corrected chi connectivity index (χ2v) is 35.1. The average molecular weight is 1720 g/mol. The molecular weight excluding hydrogens is 1620 g/mol. The number of phenols is 2. The van der Waals surface area contributed by atoms with Crippen molar-refractivity contribution in [2.75, 3.05) is 78.7 Å². The minimum absolute atomic E-state index is 0.0425. The van der Waals surface area contributed by atoms with E-state index < -0.39 is 35.5 Å². The van der Waals surface area contributed by atoms with Gasteiger partial charge in [-0.05, 0) is 180 Å². The number of rotatable bonds is 30. The molecule has 0 unspecified atom stereocenters. The summed E-state index contributed by atoms with van der Waals surface area (Å²) in [5.74, 6) is 3.74. The third kappa shape index (κ3) is 21.2. The van der Waals surface area contributed by atoms with E-state index in [0.717, 1.165) is 171 Å². The maximum absolute atomic E-state index is 13.4. The highest BCUT2D eigenvalue weighted by Crippen LogP contribution is 2.50. The van der Waals surface area contributed by atoms with Gasteiger partial charge in [0, 0.05) is 157 Å². The third-order valence-corrected chi connectivity index (χ3v) is 25.2. The molecule has 5 aliphatic rings. The monoisotopic (exact) mass is 1720 g/mol. The Labute approximate surface area is 733 Å². The number of phenolic OH excluding ortho intramolecular Hbond substituents is 2. The van der Waals surface area contributed by atoms with E-state index in [1.54, 1.807) is 98.0 Å². The summed E-state index contributed by atoms with van der Waals surface area (Å²) in [6.45, 7) is 22.2. The maximum atomic E-state index is 13.4. The highest BCUT2D eigenvalue weighted by Gasteiger charge is 2.41. The summed E-state index contributed by atoms with van der Waals surface area (Å²) in [6.07, 6.45) is 4.21. The van der Waals surface area contributed by atoms with Crippen molar-refractivity contribution in [3.63, 3.8) is 0 Å². The zero-order valence-electron chi connectivity index (χ0n) is 70.5. The molecule has 0 bridgehead atoms. The van der Waals surface area contributed by atoms with E-state index in [-0.39, 0.29) is 68.2 Å². The summed E-state index contributed by atoms with van der Waals surface area (Å²) in [5.41, 5.74) is 15.8. The number of aryl methyl sites for hydroxylation is 2. The van der Waals surface area contributed by atoms with E-state index in [4.69, 9.17) is 48.9 Å². The number of carbonyl (C=O) groups excluding carboxylic acids is 6. The summed E-state index contributed by atoms with van der Waals surface area (Å²) in [7, 11) is 0. The number of amides is 5. The fourth-order valence-corrected chi connectivity index (χ4v) is 18.4. The van der Waals surface area contributed by atoms with Gasteiger partial charge in [-0.2, -0.15) is 0 Å². The fraction of sp³-hybridized carbons (Fsp3) is 0.306. The lowest BCUT2D eigenvalue weighted by molar-refractivity contribution is -0.155. The number of fused-ring (bicyclic) bond motifs is 4. The van der Waals surface area contributed by atoms with Crippen molar-refractivity contribution in [2.24, 2.45) is 5.73 Å². The van der Waals surface area contributed by atoms with E-state index in [0.29, 0.717) is 65.9 Å². The zero-order valence-corrected chi connectivity index (χ0v) is 72.1. The Morgan fingerprint density at radius 3 is 1.44 bits per heavy atom. The van der Waals surface area contributed by atoms with Crippen LogP contribution in [0.25, 0.3) is 41.1 Å². The summed E-state index contributed by atoms with van der Waals surface area (Å²) < 4.78 is 44.9. The first kappa shape index (κ1) is 85.8. The Bertz CT molecular complexity index is 5890. The number of piperazine rings is 2. The van der Waals surface area contributed by atoms with Crippen molar-refractivity contribution in [2.45, 2.75) is 117 Å². The molecule has 644 valence electrons. The lowest BCUT2D eigenvalue weighted by atomic mass is 10.0. The normalized spacial score (nSPS) is 16.0. The molecule has 0 aliphatic carbocycles. The molecule has 5 amide bonds. The topological polar surface area (TPSA) is 291 Å². The molecule has 3 saturated heterocycles. The van der Waals surface area contributed by atoms with Gasteiger partial charge in [0.2, 0.25) is 17.7 Å². The van der Waals surface area contributed by atoms with Crippen LogP contribution in [0, 0.1) is 13.8 Å². The lowest BCUT2D eigenvalue weighted by Gasteiger charge is -2.34. The molecule has 0 spiro atoms. The Kier molecular flexibility index (Phi) is 26.5. The van der Waals surface area contributed by atoms with Crippen molar-refractivity contribution >= 4 is 78.4 Å². The lowest BCUT2D eigenvalue weighted by Crippen LogP contribution is -2.52. The van der Waals surface area contributed by atoms with Gasteiger partial charge in [0.1, 0.15) is 90.1 Å². The van der Waals surface area contributed by atoms with Crippen LogP contribution >= 0.6 is 22.7 Å². The molecule has 5 N–H and O–H groups in total. The van der Waals surface area contributed by atoms with Crippen molar-refractivity contribution in [3.05, 3.63) is 262 Å². The van der Waals surface area contributed by atoms with E-state index in [1.807, 2.05) is 103 Å². The SMILES string of the molecule is Cc1ccc(-c2sc3cc(O)ccc3c2Oc2ccc(OCCN3CCN(Cc4ccc(COc5cccc6c5CN([C@@H](CCC(=O)OC(C)(C)C)C(N)=O)C6=O)cn4)CC3)cc2)cc1.Cc1ccc(-c2sc3cc(O)ccc3c2Oc2ccc(OCCN3CCN(Cc4ccc(COc5cccc6c5CN([C@H]5CCC(=O)NC5=O)C6=O)cn4)CC3)cc2)cc1. The van der Waals surface area contributed by atoms with E-state index in [1.165, 1.54) is 20.9 Å². The van der Waals surface area contributed by atoms with Gasteiger partial charge in [-0.15, -0.1) is 22.7 Å². The van der Waals surface area contributed by atoms with Gasteiger partial charge < -0.3 is 58.9 Å². The predicted octanol–water partition coefficient (Wildman–Crippen LogP) is 15.8. The molecule has 9 heterocycles. The van der Waals surface area contributed by atoms with Crippen LogP contribution in [0.15, 0.2) is 207 Å². The van der Waals surface area contributed by atoms with Crippen LogP contribution in [-0.2, 0) is 63.3 Å². The van der Waals surface area contributed by atoms with E-state index in [9.17, 15) is 39.0 Å². The van der Waals surface area contributed by atoms with Gasteiger partial charge in [-0.3, -0.25) is 63.7 Å². The van der Waals surface area contributed by atoms with Gasteiger partial charge >= 0.3 is 5.97 Å². The van der Waals surface area contributed by atoms with Crippen molar-refractivity contribution in [3.8, 4) is 78.4 Å². The standard InChI is InChI=1S/C51H55N5O8S.C47H45N5O7S/c1-33-8-11-35(12-9-33)48-47(41-19-14-37(57)28-45(41)65-48)63-39-17-15-38(16-18-39)61-27-26-54-22-24-55(25-23-54)30-36-13-10-34(29-53-36)32-62-44-7-5-6-40-42(44)31-56(50(40)60)43(49(52)59)20-21-46(58)64-51(2,3)4;1-30-5-8-32(9-6-30)45-44(38-16-11-34(53)25-42(38)60-45)59-36-14-12-35(13-15-36)57-24-23-50-19-21-51(22-20-50)27-33-10-7-31(26-48-33)29-58-41-4-2-3-37-39(41)28-52(47(37)56)40-17-18-43(54)49-46(40)55/h5-19,28-29,43,57H,20-27,30-32H2,1-4H3,(H2,52,59);2-16,25-26,40,53H,17-24,27-29H2,1H3,(H,49,54,55)/t43-;40-/m00/s1. The number of hydrogen-bond acceptors (Lipinski definition) is 23. The van der Waals surface area contributed by atoms with Crippen molar-refractivity contribution < 1.29 is 72.1 Å². The van der Waals surface area contributed by atoms with Crippen LogP contribution in [0.4, 0.5) is 0 Å². The number of primary amides is 1. The number of nitrogens with two attached hydrogens (primary N) is 1. The third-order valence-electron chi connectivity index (χ3n) is 22.8. The van der Waals surface area contributed by atoms with Crippen LogP contribution in [0.1, 0.15) is 112 Å². The number of hydrogen-bond donors (Lipinski definition) is 4. The first-order chi connectivity index (χ1) is 60.5.